The zero-order chi connectivity index (χ0) is 16.9. The second kappa shape index (κ2) is 7.67. The van der Waals surface area contributed by atoms with Gasteiger partial charge in [0, 0.05) is 31.5 Å². The van der Waals surface area contributed by atoms with Crippen LogP contribution in [0.25, 0.3) is 0 Å². The topological polar surface area (TPSA) is 68.2 Å². The summed E-state index contributed by atoms with van der Waals surface area (Å²) in [5, 5.41) is 8.91. The summed E-state index contributed by atoms with van der Waals surface area (Å²) in [5.74, 6) is 0. The van der Waals surface area contributed by atoms with Crippen molar-refractivity contribution in [2.45, 2.75) is 38.4 Å². The van der Waals surface area contributed by atoms with Crippen LogP contribution in [0.1, 0.15) is 29.8 Å². The molecular weight excluding hydrogens is 313 g/mol. The van der Waals surface area contributed by atoms with Crippen LogP contribution < -0.4 is 10.6 Å². The average molecular weight is 334 g/mol. The third kappa shape index (κ3) is 4.60. The highest BCUT2D eigenvalue weighted by Gasteiger charge is 2.39. The smallest absolute Gasteiger partial charge is 0.383 e. The standard InChI is InChI=1S/C14H21F3N4O2/c1-23-9-7-19-13(22)18-6-8-21-11-5-3-2-4-10(11)12(20-21)14(15,16)17/h2-9H2,1H3,(H2,18,19,22). The molecule has 1 heterocycles. The van der Waals surface area contributed by atoms with Crippen molar-refractivity contribution < 1.29 is 22.7 Å². The summed E-state index contributed by atoms with van der Waals surface area (Å²) in [6.45, 7) is 1.20. The van der Waals surface area contributed by atoms with Gasteiger partial charge in [0.1, 0.15) is 0 Å². The molecule has 1 aromatic rings. The van der Waals surface area contributed by atoms with Crippen LogP contribution in [0.15, 0.2) is 0 Å². The molecule has 130 valence electrons. The van der Waals surface area contributed by atoms with Crippen molar-refractivity contribution in [1.29, 1.82) is 0 Å². The van der Waals surface area contributed by atoms with Gasteiger partial charge >= 0.3 is 12.2 Å². The van der Waals surface area contributed by atoms with Gasteiger partial charge in [-0.15, -0.1) is 0 Å². The molecule has 0 saturated carbocycles. The molecule has 0 spiro atoms. The van der Waals surface area contributed by atoms with Crippen LogP contribution in [0.5, 0.6) is 0 Å². The van der Waals surface area contributed by atoms with Gasteiger partial charge in [-0.05, 0) is 25.7 Å². The van der Waals surface area contributed by atoms with Crippen molar-refractivity contribution in [3.05, 3.63) is 17.0 Å². The molecule has 9 heteroatoms. The predicted molar refractivity (Wildman–Crippen MR) is 77.1 cm³/mol. The number of hydrogen-bond acceptors (Lipinski definition) is 3. The van der Waals surface area contributed by atoms with Gasteiger partial charge in [0.15, 0.2) is 5.69 Å². The maximum atomic E-state index is 13.0. The summed E-state index contributed by atoms with van der Waals surface area (Å²) >= 11 is 0. The van der Waals surface area contributed by atoms with Crippen LogP contribution in [-0.2, 0) is 30.3 Å². The molecule has 2 N–H and O–H groups in total. The van der Waals surface area contributed by atoms with E-state index < -0.39 is 11.9 Å². The van der Waals surface area contributed by atoms with Crippen molar-refractivity contribution in [3.63, 3.8) is 0 Å². The molecule has 0 bridgehead atoms. The Hall–Kier alpha value is -1.77. The van der Waals surface area contributed by atoms with E-state index in [1.807, 2.05) is 0 Å². The summed E-state index contributed by atoms with van der Waals surface area (Å²) in [7, 11) is 1.53. The number of hydrogen-bond donors (Lipinski definition) is 2. The molecule has 0 fully saturated rings. The Labute approximate surface area is 132 Å². The van der Waals surface area contributed by atoms with E-state index in [2.05, 4.69) is 15.7 Å². The number of amides is 2. The first-order chi connectivity index (χ1) is 10.9. The Morgan fingerprint density at radius 1 is 1.26 bits per heavy atom. The molecule has 2 amide bonds. The van der Waals surface area contributed by atoms with Crippen LogP contribution in [0.4, 0.5) is 18.0 Å². The number of rotatable bonds is 6. The number of alkyl halides is 3. The molecule has 0 unspecified atom stereocenters. The summed E-state index contributed by atoms with van der Waals surface area (Å²) in [6.07, 6.45) is -1.81. The van der Waals surface area contributed by atoms with Gasteiger partial charge in [-0.1, -0.05) is 0 Å². The Morgan fingerprint density at radius 2 is 1.96 bits per heavy atom. The van der Waals surface area contributed by atoms with E-state index >= 15 is 0 Å². The summed E-state index contributed by atoms with van der Waals surface area (Å²) in [4.78, 5) is 11.5. The second-order valence-electron chi connectivity index (χ2n) is 5.38. The first-order valence-electron chi connectivity index (χ1n) is 7.60. The van der Waals surface area contributed by atoms with Crippen LogP contribution in [0.2, 0.25) is 0 Å². The fraction of sp³-hybridized carbons (Fsp3) is 0.714. The fourth-order valence-electron chi connectivity index (χ4n) is 2.69. The highest BCUT2D eigenvalue weighted by molar-refractivity contribution is 5.73. The molecule has 2 rings (SSSR count). The van der Waals surface area contributed by atoms with Crippen LogP contribution >= 0.6 is 0 Å². The minimum absolute atomic E-state index is 0.213. The van der Waals surface area contributed by atoms with E-state index in [1.165, 1.54) is 11.8 Å². The number of ether oxygens (including phenoxy) is 1. The number of carbonyl (C=O) groups is 1. The molecular formula is C14H21F3N4O2. The highest BCUT2D eigenvalue weighted by atomic mass is 19.4. The Balaban J connectivity index is 1.95. The Kier molecular flexibility index (Phi) is 5.86. The molecule has 1 aliphatic carbocycles. The third-order valence-corrected chi connectivity index (χ3v) is 3.73. The van der Waals surface area contributed by atoms with Gasteiger partial charge < -0.3 is 15.4 Å². The lowest BCUT2D eigenvalue weighted by Gasteiger charge is -2.15. The van der Waals surface area contributed by atoms with E-state index in [4.69, 9.17) is 4.74 Å². The summed E-state index contributed by atoms with van der Waals surface area (Å²) in [6, 6.07) is -0.376. The fourth-order valence-corrected chi connectivity index (χ4v) is 2.69. The van der Waals surface area contributed by atoms with E-state index in [0.717, 1.165) is 12.8 Å². The summed E-state index contributed by atoms with van der Waals surface area (Å²) < 4.78 is 45.3. The first kappa shape index (κ1) is 17.6. The number of methoxy groups -OCH3 is 1. The molecule has 1 aliphatic rings. The Morgan fingerprint density at radius 3 is 2.65 bits per heavy atom. The van der Waals surface area contributed by atoms with Crippen molar-refractivity contribution in [2.24, 2.45) is 0 Å². The number of urea groups is 1. The van der Waals surface area contributed by atoms with Crippen molar-refractivity contribution >= 4 is 6.03 Å². The van der Waals surface area contributed by atoms with Gasteiger partial charge in [0.25, 0.3) is 0 Å². The molecule has 23 heavy (non-hydrogen) atoms. The molecule has 1 aromatic heterocycles. The molecule has 0 atom stereocenters. The quantitative estimate of drug-likeness (QED) is 0.779. The molecule has 0 radical (unpaired) electrons. The molecule has 0 aliphatic heterocycles. The average Bonchev–Trinajstić information content (AvgIpc) is 2.87. The first-order valence-corrected chi connectivity index (χ1v) is 7.60. The number of fused-ring (bicyclic) bond motifs is 1. The lowest BCUT2D eigenvalue weighted by atomic mass is 9.95. The van der Waals surface area contributed by atoms with Gasteiger partial charge in [0.2, 0.25) is 0 Å². The monoisotopic (exact) mass is 334 g/mol. The SMILES string of the molecule is COCCNC(=O)NCCn1nc(C(F)(F)F)c2c1CCCC2. The minimum atomic E-state index is -4.43. The lowest BCUT2D eigenvalue weighted by Crippen LogP contribution is -2.38. The number of halogens is 3. The zero-order valence-electron chi connectivity index (χ0n) is 13.0. The maximum Gasteiger partial charge on any atom is 0.435 e. The summed E-state index contributed by atoms with van der Waals surface area (Å²) in [5.41, 5.74) is 0.176. The van der Waals surface area contributed by atoms with E-state index in [-0.39, 0.29) is 19.1 Å². The van der Waals surface area contributed by atoms with Gasteiger partial charge in [0.05, 0.1) is 13.2 Å². The van der Waals surface area contributed by atoms with Crippen molar-refractivity contribution in [1.82, 2.24) is 20.4 Å². The van der Waals surface area contributed by atoms with E-state index in [0.29, 0.717) is 37.3 Å². The van der Waals surface area contributed by atoms with Crippen LogP contribution in [-0.4, -0.2) is 42.6 Å². The van der Waals surface area contributed by atoms with E-state index in [1.54, 1.807) is 0 Å². The minimum Gasteiger partial charge on any atom is -0.383 e. The van der Waals surface area contributed by atoms with Crippen LogP contribution in [0, 0.1) is 0 Å². The number of nitrogens with zero attached hydrogens (tertiary/aromatic N) is 2. The van der Waals surface area contributed by atoms with Crippen molar-refractivity contribution in [2.75, 3.05) is 26.8 Å². The predicted octanol–water partition coefficient (Wildman–Crippen LogP) is 1.73. The second-order valence-corrected chi connectivity index (χ2v) is 5.38. The van der Waals surface area contributed by atoms with Crippen molar-refractivity contribution in [3.8, 4) is 0 Å². The Bertz CT molecular complexity index is 543. The largest absolute Gasteiger partial charge is 0.435 e. The number of aromatic nitrogens is 2. The lowest BCUT2D eigenvalue weighted by molar-refractivity contribution is -0.142. The third-order valence-electron chi connectivity index (χ3n) is 3.73. The normalized spacial score (nSPS) is 14.4. The number of nitrogens with one attached hydrogen (secondary N) is 2. The van der Waals surface area contributed by atoms with Gasteiger partial charge in [-0.2, -0.15) is 18.3 Å². The maximum absolute atomic E-state index is 13.0. The van der Waals surface area contributed by atoms with Crippen LogP contribution in [0.3, 0.4) is 0 Å². The van der Waals surface area contributed by atoms with Gasteiger partial charge in [-0.3, -0.25) is 4.68 Å². The number of carbonyl (C=O) groups excluding carboxylic acids is 1. The molecule has 0 saturated heterocycles. The molecule has 0 aromatic carbocycles. The van der Waals surface area contributed by atoms with Gasteiger partial charge in [-0.25, -0.2) is 4.79 Å². The highest BCUT2D eigenvalue weighted by Crippen LogP contribution is 2.35. The van der Waals surface area contributed by atoms with E-state index in [9.17, 15) is 18.0 Å². The molecule has 6 nitrogen and oxygen atoms in total. The zero-order valence-corrected chi connectivity index (χ0v) is 13.0.